The molecule has 33 heavy (non-hydrogen) atoms. The molecule has 3 heterocycles. The minimum atomic E-state index is -0.934. The molecule has 3 atom stereocenters. The summed E-state index contributed by atoms with van der Waals surface area (Å²) in [5.74, 6) is 0.872. The Morgan fingerprint density at radius 2 is 1.88 bits per heavy atom. The molecule has 0 radical (unpaired) electrons. The van der Waals surface area contributed by atoms with Gasteiger partial charge in [0.1, 0.15) is 23.7 Å². The van der Waals surface area contributed by atoms with Crippen LogP contribution in [0.4, 0.5) is 10.6 Å². The van der Waals surface area contributed by atoms with E-state index in [9.17, 15) is 14.9 Å². The van der Waals surface area contributed by atoms with Crippen molar-refractivity contribution < 1.29 is 24.2 Å². The van der Waals surface area contributed by atoms with Gasteiger partial charge in [-0.2, -0.15) is 5.26 Å². The topological polar surface area (TPSA) is 125 Å². The normalized spacial score (nSPS) is 24.0. The Hall–Kier alpha value is -3.64. The van der Waals surface area contributed by atoms with Crippen LogP contribution in [0.5, 0.6) is 5.75 Å². The lowest BCUT2D eigenvalue weighted by Crippen LogP contribution is -2.32. The van der Waals surface area contributed by atoms with E-state index < -0.39 is 6.09 Å². The van der Waals surface area contributed by atoms with Crippen molar-refractivity contribution in [1.29, 1.82) is 5.26 Å². The minimum Gasteiger partial charge on any atom is -0.489 e. The first-order chi connectivity index (χ1) is 16.0. The monoisotopic (exact) mass is 448 g/mol. The maximum absolute atomic E-state index is 12.7. The van der Waals surface area contributed by atoms with E-state index >= 15 is 0 Å². The Kier molecular flexibility index (Phi) is 5.60. The number of piperidine rings is 1. The van der Waals surface area contributed by atoms with E-state index in [0.29, 0.717) is 43.4 Å². The number of carboxylic acid groups (broad SMARTS) is 1. The summed E-state index contributed by atoms with van der Waals surface area (Å²) in [6.07, 6.45) is 2.33. The molecule has 2 aliphatic heterocycles. The first kappa shape index (κ1) is 21.2. The van der Waals surface area contributed by atoms with Gasteiger partial charge >= 0.3 is 6.09 Å². The quantitative estimate of drug-likeness (QED) is 0.720. The number of aromatic nitrogens is 1. The highest BCUT2D eigenvalue weighted by Crippen LogP contribution is 2.52. The number of benzene rings is 1. The van der Waals surface area contributed by atoms with Gasteiger partial charge in [-0.15, -0.1) is 0 Å². The van der Waals surface area contributed by atoms with E-state index in [0.717, 1.165) is 24.0 Å². The number of likely N-dealkylation sites (tertiary alicyclic amines) is 1. The van der Waals surface area contributed by atoms with Crippen molar-refractivity contribution >= 4 is 17.8 Å². The van der Waals surface area contributed by atoms with Crippen molar-refractivity contribution in [1.82, 2.24) is 9.88 Å². The Bertz CT molecular complexity index is 1110. The Morgan fingerprint density at radius 3 is 2.58 bits per heavy atom. The van der Waals surface area contributed by atoms with Crippen LogP contribution in [0.1, 0.15) is 18.4 Å². The summed E-state index contributed by atoms with van der Waals surface area (Å²) >= 11 is 0. The van der Waals surface area contributed by atoms with Crippen LogP contribution in [0.2, 0.25) is 0 Å². The van der Waals surface area contributed by atoms with Gasteiger partial charge < -0.3 is 24.8 Å². The zero-order chi connectivity index (χ0) is 22.9. The molecule has 1 aromatic heterocycles. The number of amides is 2. The molecule has 2 saturated heterocycles. The average molecular weight is 448 g/mol. The third kappa shape index (κ3) is 4.34. The fourth-order valence-electron chi connectivity index (χ4n) is 4.83. The van der Waals surface area contributed by atoms with E-state index in [4.69, 9.17) is 14.6 Å². The summed E-state index contributed by atoms with van der Waals surface area (Å²) in [6.45, 7) is 2.14. The summed E-state index contributed by atoms with van der Waals surface area (Å²) in [7, 11) is 0. The maximum Gasteiger partial charge on any atom is 0.407 e. The Morgan fingerprint density at radius 1 is 1.15 bits per heavy atom. The highest BCUT2D eigenvalue weighted by molar-refractivity contribution is 5.95. The van der Waals surface area contributed by atoms with E-state index in [1.807, 2.05) is 18.2 Å². The summed E-state index contributed by atoms with van der Waals surface area (Å²) in [5, 5.41) is 21.6. The molecule has 5 rings (SSSR count). The number of hydrogen-bond acceptors (Lipinski definition) is 6. The molecule has 2 N–H and O–H groups in total. The number of nitrogens with one attached hydrogen (secondary N) is 1. The minimum absolute atomic E-state index is 0.0453. The van der Waals surface area contributed by atoms with Crippen molar-refractivity contribution in [2.45, 2.75) is 18.9 Å². The van der Waals surface area contributed by atoms with Crippen LogP contribution in [0.15, 0.2) is 36.5 Å². The largest absolute Gasteiger partial charge is 0.489 e. The zero-order valence-corrected chi connectivity index (χ0v) is 17.9. The highest BCUT2D eigenvalue weighted by Gasteiger charge is 2.60. The molecule has 9 heteroatoms. The number of nitriles is 1. The van der Waals surface area contributed by atoms with E-state index in [1.54, 1.807) is 18.3 Å². The van der Waals surface area contributed by atoms with Crippen molar-refractivity contribution in [3.05, 3.63) is 42.1 Å². The Balaban J connectivity index is 1.26. The number of rotatable bonds is 5. The first-order valence-corrected chi connectivity index (χ1v) is 11.1. The van der Waals surface area contributed by atoms with Gasteiger partial charge in [-0.3, -0.25) is 4.79 Å². The third-order valence-electron chi connectivity index (χ3n) is 6.67. The van der Waals surface area contributed by atoms with Crippen LogP contribution in [0, 0.1) is 29.1 Å². The third-order valence-corrected chi connectivity index (χ3v) is 6.67. The van der Waals surface area contributed by atoms with E-state index in [1.165, 1.54) is 4.90 Å². The van der Waals surface area contributed by atoms with Crippen LogP contribution in [0.3, 0.4) is 0 Å². The summed E-state index contributed by atoms with van der Waals surface area (Å²) < 4.78 is 11.4. The molecular formula is C24H24N4O5. The van der Waals surface area contributed by atoms with Crippen molar-refractivity contribution in [3.63, 3.8) is 0 Å². The Labute approximate surface area is 190 Å². The van der Waals surface area contributed by atoms with Crippen LogP contribution >= 0.6 is 0 Å². The molecule has 2 amide bonds. The van der Waals surface area contributed by atoms with Gasteiger partial charge in [0.25, 0.3) is 0 Å². The smallest absolute Gasteiger partial charge is 0.407 e. The number of fused-ring (bicyclic) bond motifs is 1. The maximum atomic E-state index is 12.7. The molecule has 0 bridgehead atoms. The molecule has 1 aliphatic carbocycles. The highest BCUT2D eigenvalue weighted by atomic mass is 16.5. The summed E-state index contributed by atoms with van der Waals surface area (Å²) in [5.41, 5.74) is 2.10. The number of carbonyl (C=O) groups excluding carboxylic acids is 1. The summed E-state index contributed by atoms with van der Waals surface area (Å²) in [4.78, 5) is 29.3. The second-order valence-electron chi connectivity index (χ2n) is 8.71. The van der Waals surface area contributed by atoms with Gasteiger partial charge in [0.2, 0.25) is 5.91 Å². The summed E-state index contributed by atoms with van der Waals surface area (Å²) in [6, 6.07) is 11.3. The number of ether oxygens (including phenoxy) is 2. The predicted octanol–water partition coefficient (Wildman–Crippen LogP) is 2.97. The van der Waals surface area contributed by atoms with Crippen LogP contribution in [-0.4, -0.2) is 59.4 Å². The first-order valence-electron chi connectivity index (χ1n) is 11.1. The predicted molar refractivity (Wildman–Crippen MR) is 118 cm³/mol. The van der Waals surface area contributed by atoms with Crippen LogP contribution in [-0.2, 0) is 9.53 Å². The molecule has 1 aromatic carbocycles. The lowest BCUT2D eigenvalue weighted by Gasteiger charge is -2.23. The van der Waals surface area contributed by atoms with Gasteiger partial charge in [0.15, 0.2) is 0 Å². The fourth-order valence-corrected chi connectivity index (χ4v) is 4.83. The molecule has 0 unspecified atom stereocenters. The molecular weight excluding hydrogens is 424 g/mol. The lowest BCUT2D eigenvalue weighted by atomic mass is 10.0. The fraction of sp³-hybridized carbons (Fsp3) is 0.417. The zero-order valence-electron chi connectivity index (χ0n) is 17.9. The number of hydrogen-bond donors (Lipinski definition) is 2. The molecule has 9 nitrogen and oxygen atoms in total. The van der Waals surface area contributed by atoms with Gasteiger partial charge in [0.05, 0.1) is 18.8 Å². The average Bonchev–Trinajstić information content (AvgIpc) is 3.33. The molecule has 170 valence electrons. The standard InChI is InChI=1S/C24H24N4O5/c25-11-16-9-14(1-2-20(16)33-17-4-7-32-8-5-17)15-3-6-26-21(10-15)27-23(29)22-18-12-28(24(30)31)13-19(18)22/h1-3,6,9-10,17-19,22H,4-5,7-8,12-13H2,(H,30,31)(H,26,27,29)/t18-,19+,22+. The number of nitrogens with zero attached hydrogens (tertiary/aromatic N) is 3. The number of anilines is 1. The van der Waals surface area contributed by atoms with Crippen molar-refractivity contribution in [3.8, 4) is 22.9 Å². The van der Waals surface area contributed by atoms with Crippen LogP contribution in [0.25, 0.3) is 11.1 Å². The second-order valence-corrected chi connectivity index (χ2v) is 8.71. The molecule has 3 aliphatic rings. The molecule has 0 spiro atoms. The van der Waals surface area contributed by atoms with Crippen molar-refractivity contribution in [2.24, 2.45) is 17.8 Å². The van der Waals surface area contributed by atoms with Crippen LogP contribution < -0.4 is 10.1 Å². The SMILES string of the molecule is N#Cc1cc(-c2ccnc(NC(=O)[C@H]3[C@@H]4CN(C(=O)O)C[C@@H]43)c2)ccc1OC1CCOCC1. The van der Waals surface area contributed by atoms with Gasteiger partial charge in [-0.05, 0) is 47.2 Å². The number of carbonyl (C=O) groups is 2. The van der Waals surface area contributed by atoms with Gasteiger partial charge in [-0.25, -0.2) is 9.78 Å². The molecule has 1 saturated carbocycles. The van der Waals surface area contributed by atoms with Gasteiger partial charge in [0, 0.05) is 38.0 Å². The molecule has 3 fully saturated rings. The second kappa shape index (κ2) is 8.71. The van der Waals surface area contributed by atoms with E-state index in [2.05, 4.69) is 16.4 Å². The van der Waals surface area contributed by atoms with E-state index in [-0.39, 0.29) is 29.8 Å². The van der Waals surface area contributed by atoms with Crippen molar-refractivity contribution in [2.75, 3.05) is 31.6 Å². The molecule has 2 aromatic rings. The number of pyridine rings is 1. The van der Waals surface area contributed by atoms with Gasteiger partial charge in [-0.1, -0.05) is 6.07 Å². The lowest BCUT2D eigenvalue weighted by molar-refractivity contribution is -0.118.